The molecule has 1 aromatic rings. The van der Waals surface area contributed by atoms with Crippen LogP contribution in [0.25, 0.3) is 0 Å². The van der Waals surface area contributed by atoms with Crippen molar-refractivity contribution in [3.8, 4) is 23.3 Å². The highest BCUT2D eigenvalue weighted by Gasteiger charge is 2.26. The fourth-order valence-electron chi connectivity index (χ4n) is 3.34. The Morgan fingerprint density at radius 2 is 1.71 bits per heavy atom. The van der Waals surface area contributed by atoms with Gasteiger partial charge in [0.05, 0.1) is 7.11 Å². The summed E-state index contributed by atoms with van der Waals surface area (Å²) in [4.78, 5) is 4.82. The number of piperazine rings is 1. The standard InChI is InChI=1S/C21H30N2O3S.2ClH.2H2O/c1-22-9-11-23(12-10-22)17-18-4-5-19(25-2)20(16-18)26-13-3-6-21(24)7-14-27-15-8-21;;;;/h4-5,16,24H,7-15,17H2,1-2H3;2*1H;2*1H2. The summed E-state index contributed by atoms with van der Waals surface area (Å²) in [5, 5.41) is 10.4. The second kappa shape index (κ2) is 15.8. The normalized spacial score (nSPS) is 17.9. The largest absolute Gasteiger partial charge is 0.493 e. The maximum absolute atomic E-state index is 10.4. The van der Waals surface area contributed by atoms with Crippen LogP contribution in [0.15, 0.2) is 18.2 Å². The summed E-state index contributed by atoms with van der Waals surface area (Å²) in [7, 11) is 3.82. The van der Waals surface area contributed by atoms with Crippen molar-refractivity contribution in [3.05, 3.63) is 23.8 Å². The summed E-state index contributed by atoms with van der Waals surface area (Å²) in [5.41, 5.74) is 0.369. The van der Waals surface area contributed by atoms with Crippen molar-refractivity contribution in [1.82, 2.24) is 9.80 Å². The number of hydrogen-bond acceptors (Lipinski definition) is 6. The lowest BCUT2D eigenvalue weighted by molar-refractivity contribution is 0.0925. The quantitative estimate of drug-likeness (QED) is 0.612. The Kier molecular flexibility index (Phi) is 16.5. The topological polar surface area (TPSA) is 108 Å². The second-order valence-corrected chi connectivity index (χ2v) is 8.52. The minimum Gasteiger partial charge on any atom is -0.493 e. The van der Waals surface area contributed by atoms with Gasteiger partial charge in [0, 0.05) is 32.7 Å². The van der Waals surface area contributed by atoms with E-state index >= 15 is 0 Å². The molecule has 0 atom stereocenters. The van der Waals surface area contributed by atoms with Crippen LogP contribution >= 0.6 is 36.6 Å². The van der Waals surface area contributed by atoms with Gasteiger partial charge in [0.25, 0.3) is 0 Å². The van der Waals surface area contributed by atoms with E-state index in [1.807, 2.05) is 23.9 Å². The van der Waals surface area contributed by atoms with Gasteiger partial charge in [-0.3, -0.25) is 4.90 Å². The average Bonchev–Trinajstić information content (AvgIpc) is 2.68. The third-order valence-electron chi connectivity index (χ3n) is 5.17. The Labute approximate surface area is 202 Å². The Hall–Kier alpha value is -0.890. The van der Waals surface area contributed by atoms with Gasteiger partial charge in [-0.05, 0) is 49.1 Å². The first-order valence-electron chi connectivity index (χ1n) is 9.59. The molecule has 31 heavy (non-hydrogen) atoms. The van der Waals surface area contributed by atoms with Gasteiger partial charge >= 0.3 is 0 Å². The molecular weight excluding hydrogens is 463 g/mol. The molecule has 10 heteroatoms. The molecule has 2 saturated heterocycles. The van der Waals surface area contributed by atoms with Gasteiger partial charge in [0.1, 0.15) is 12.2 Å². The minimum atomic E-state index is -0.845. The second-order valence-electron chi connectivity index (χ2n) is 7.30. The first kappa shape index (κ1) is 32.3. The number of nitrogens with zero attached hydrogens (tertiary/aromatic N) is 2. The van der Waals surface area contributed by atoms with Crippen LogP contribution in [-0.4, -0.2) is 89.9 Å². The molecule has 2 fully saturated rings. The molecule has 2 heterocycles. The van der Waals surface area contributed by atoms with Crippen molar-refractivity contribution in [2.75, 3.05) is 58.4 Å². The van der Waals surface area contributed by atoms with E-state index in [4.69, 9.17) is 9.47 Å². The van der Waals surface area contributed by atoms with E-state index in [1.54, 1.807) is 7.11 Å². The molecule has 0 bridgehead atoms. The highest BCUT2D eigenvalue weighted by Crippen LogP contribution is 2.29. The Morgan fingerprint density at radius 3 is 2.32 bits per heavy atom. The number of halogens is 2. The number of aliphatic hydroxyl groups is 1. The van der Waals surface area contributed by atoms with Crippen molar-refractivity contribution in [2.24, 2.45) is 0 Å². The van der Waals surface area contributed by atoms with E-state index in [1.165, 1.54) is 5.56 Å². The zero-order valence-electron chi connectivity index (χ0n) is 18.2. The van der Waals surface area contributed by atoms with E-state index in [9.17, 15) is 5.11 Å². The molecule has 180 valence electrons. The van der Waals surface area contributed by atoms with Crippen LogP contribution in [0.4, 0.5) is 0 Å². The molecule has 0 aromatic heterocycles. The van der Waals surface area contributed by atoms with E-state index in [0.29, 0.717) is 11.5 Å². The van der Waals surface area contributed by atoms with Crippen molar-refractivity contribution >= 4 is 36.6 Å². The Balaban J connectivity index is 0. The molecule has 3 rings (SSSR count). The molecular formula is C21H36Cl2N2O5S. The zero-order chi connectivity index (χ0) is 19.1. The van der Waals surface area contributed by atoms with Crippen LogP contribution in [-0.2, 0) is 6.54 Å². The summed E-state index contributed by atoms with van der Waals surface area (Å²) in [5.74, 6) is 9.36. The predicted molar refractivity (Wildman–Crippen MR) is 132 cm³/mol. The fourth-order valence-corrected chi connectivity index (χ4v) is 4.51. The lowest BCUT2D eigenvalue weighted by Crippen LogP contribution is -2.43. The molecule has 7 nitrogen and oxygen atoms in total. The smallest absolute Gasteiger partial charge is 0.162 e. The van der Waals surface area contributed by atoms with Gasteiger partial charge in [-0.15, -0.1) is 24.8 Å². The van der Waals surface area contributed by atoms with Crippen molar-refractivity contribution in [2.45, 2.75) is 25.0 Å². The number of rotatable bonds is 5. The molecule has 2 aliphatic rings. The van der Waals surface area contributed by atoms with Gasteiger partial charge in [-0.2, -0.15) is 11.8 Å². The Bertz CT molecular complexity index is 688. The van der Waals surface area contributed by atoms with E-state index in [-0.39, 0.29) is 42.4 Å². The minimum absolute atomic E-state index is 0. The van der Waals surface area contributed by atoms with Crippen LogP contribution in [0.2, 0.25) is 0 Å². The zero-order valence-corrected chi connectivity index (χ0v) is 20.6. The van der Waals surface area contributed by atoms with Crippen molar-refractivity contribution in [3.63, 3.8) is 0 Å². The Morgan fingerprint density at radius 1 is 1.06 bits per heavy atom. The van der Waals surface area contributed by atoms with Gasteiger partial charge in [-0.1, -0.05) is 17.9 Å². The summed E-state index contributed by atoms with van der Waals surface area (Å²) in [6, 6.07) is 6.10. The monoisotopic (exact) mass is 498 g/mol. The summed E-state index contributed by atoms with van der Waals surface area (Å²) in [6.45, 7) is 5.55. The molecule has 0 aliphatic carbocycles. The van der Waals surface area contributed by atoms with E-state index < -0.39 is 5.60 Å². The maximum Gasteiger partial charge on any atom is 0.162 e. The first-order chi connectivity index (χ1) is 13.1. The maximum atomic E-state index is 10.4. The predicted octanol–water partition coefficient (Wildman–Crippen LogP) is 1.28. The molecule has 0 saturated carbocycles. The number of likely N-dealkylation sites (N-methyl/N-ethyl adjacent to an activating group) is 1. The third-order valence-corrected chi connectivity index (χ3v) is 6.16. The number of thioether (sulfide) groups is 1. The van der Waals surface area contributed by atoms with Crippen LogP contribution in [0.5, 0.6) is 11.5 Å². The fraction of sp³-hybridized carbons (Fsp3) is 0.619. The van der Waals surface area contributed by atoms with E-state index in [0.717, 1.165) is 57.1 Å². The average molecular weight is 500 g/mol. The molecule has 1 aromatic carbocycles. The SMILES string of the molecule is COc1ccc(CN2CCN(C)CC2)cc1OCC#CC1(O)CCSCC1.Cl.Cl.O.O. The van der Waals surface area contributed by atoms with Crippen LogP contribution in [0, 0.1) is 11.8 Å². The molecule has 0 radical (unpaired) electrons. The number of benzene rings is 1. The van der Waals surface area contributed by atoms with Crippen LogP contribution < -0.4 is 9.47 Å². The highest BCUT2D eigenvalue weighted by molar-refractivity contribution is 7.99. The van der Waals surface area contributed by atoms with Crippen molar-refractivity contribution in [1.29, 1.82) is 0 Å². The molecule has 5 N–H and O–H groups in total. The van der Waals surface area contributed by atoms with Gasteiger partial charge in [-0.25, -0.2) is 0 Å². The van der Waals surface area contributed by atoms with Crippen LogP contribution in [0.1, 0.15) is 18.4 Å². The highest BCUT2D eigenvalue weighted by atomic mass is 35.5. The number of ether oxygens (including phenoxy) is 2. The molecule has 0 unspecified atom stereocenters. The summed E-state index contributed by atoms with van der Waals surface area (Å²) < 4.78 is 11.3. The number of hydrogen-bond donors (Lipinski definition) is 1. The molecule has 0 spiro atoms. The van der Waals surface area contributed by atoms with Gasteiger partial charge in [0.15, 0.2) is 11.5 Å². The third kappa shape index (κ3) is 10.1. The lowest BCUT2D eigenvalue weighted by atomic mass is 9.98. The lowest BCUT2D eigenvalue weighted by Gasteiger charge is -2.32. The van der Waals surface area contributed by atoms with Gasteiger partial charge in [0.2, 0.25) is 0 Å². The first-order valence-corrected chi connectivity index (χ1v) is 10.7. The van der Waals surface area contributed by atoms with Crippen LogP contribution in [0.3, 0.4) is 0 Å². The van der Waals surface area contributed by atoms with Gasteiger partial charge < -0.3 is 30.4 Å². The summed E-state index contributed by atoms with van der Waals surface area (Å²) in [6.07, 6.45) is 1.46. The van der Waals surface area contributed by atoms with Crippen molar-refractivity contribution < 1.29 is 25.5 Å². The van der Waals surface area contributed by atoms with E-state index in [2.05, 4.69) is 34.8 Å². The number of methoxy groups -OCH3 is 1. The molecule has 0 amide bonds. The molecule has 2 aliphatic heterocycles. The summed E-state index contributed by atoms with van der Waals surface area (Å²) >= 11 is 1.87.